The van der Waals surface area contributed by atoms with Crippen LogP contribution in [0.5, 0.6) is 5.75 Å². The molecule has 0 spiro atoms. The van der Waals surface area contributed by atoms with E-state index in [2.05, 4.69) is 21.8 Å². The molecule has 1 aliphatic rings. The van der Waals surface area contributed by atoms with Crippen molar-refractivity contribution >= 4 is 24.4 Å². The summed E-state index contributed by atoms with van der Waals surface area (Å²) < 4.78 is 9.30. The quantitative estimate of drug-likeness (QED) is 0.553. The summed E-state index contributed by atoms with van der Waals surface area (Å²) in [5.41, 5.74) is 1.55. The second-order valence-corrected chi connectivity index (χ2v) is 8.98. The van der Waals surface area contributed by atoms with Crippen LogP contribution in [0.15, 0.2) is 59.0 Å². The number of benzene rings is 2. The van der Waals surface area contributed by atoms with Crippen LogP contribution in [0.1, 0.15) is 55.5 Å². The number of rotatable bonds is 8. The lowest BCUT2D eigenvalue weighted by Crippen LogP contribution is -2.60. The molecule has 0 aromatic heterocycles. The van der Waals surface area contributed by atoms with E-state index in [4.69, 9.17) is 17.2 Å². The van der Waals surface area contributed by atoms with Crippen LogP contribution < -0.4 is 10.1 Å². The molecule has 1 N–H and O–H groups in total. The van der Waals surface area contributed by atoms with Crippen LogP contribution in [0.3, 0.4) is 0 Å². The number of methoxy groups -OCH3 is 1. The molecule has 3 rings (SSSR count). The van der Waals surface area contributed by atoms with Crippen LogP contribution in [0.4, 0.5) is 4.79 Å². The number of urea groups is 1. The Bertz CT molecular complexity index is 968. The van der Waals surface area contributed by atoms with Gasteiger partial charge in [0.25, 0.3) is 5.91 Å². The maximum atomic E-state index is 13.0. The summed E-state index contributed by atoms with van der Waals surface area (Å²) in [5, 5.41) is 3.17. The molecule has 1 saturated carbocycles. The zero-order chi connectivity index (χ0) is 23.9. The number of carbonyl (C=O) groups is 2. The third-order valence-corrected chi connectivity index (χ3v) is 7.68. The highest BCUT2D eigenvalue weighted by atomic mass is 32.1. The zero-order valence-electron chi connectivity index (χ0n) is 19.8. The van der Waals surface area contributed by atoms with E-state index in [0.717, 1.165) is 25.7 Å². The van der Waals surface area contributed by atoms with Gasteiger partial charge in [0, 0.05) is 24.8 Å². The van der Waals surface area contributed by atoms with E-state index in [9.17, 15) is 9.59 Å². The minimum absolute atomic E-state index is 0.141. The molecular formula is C26H34N3O3S+. The molecule has 0 bridgehead atoms. The Labute approximate surface area is 202 Å². The van der Waals surface area contributed by atoms with Gasteiger partial charge in [-0.1, -0.05) is 46.8 Å². The van der Waals surface area contributed by atoms with Crippen molar-refractivity contribution in [1.82, 2.24) is 5.32 Å². The fourth-order valence-electron chi connectivity index (χ4n) is 5.43. The minimum Gasteiger partial charge on any atom is -0.496 e. The number of nitrogens with zero attached hydrogens (tertiary/aromatic N) is 2. The van der Waals surface area contributed by atoms with Crippen LogP contribution in [0.25, 0.3) is 0 Å². The Morgan fingerprint density at radius 1 is 1.06 bits per heavy atom. The van der Waals surface area contributed by atoms with Gasteiger partial charge in [-0.05, 0) is 44.4 Å². The van der Waals surface area contributed by atoms with Gasteiger partial charge >= 0.3 is 6.03 Å². The number of quaternary nitrogens is 1. The van der Waals surface area contributed by atoms with E-state index in [1.807, 2.05) is 44.2 Å². The molecule has 33 heavy (non-hydrogen) atoms. The summed E-state index contributed by atoms with van der Waals surface area (Å²) in [6.07, 6.45) is 3.49. The zero-order valence-corrected chi connectivity index (χ0v) is 20.6. The van der Waals surface area contributed by atoms with Gasteiger partial charge in [-0.3, -0.25) is 4.79 Å². The van der Waals surface area contributed by atoms with E-state index in [1.165, 1.54) is 5.56 Å². The van der Waals surface area contributed by atoms with E-state index in [-0.39, 0.29) is 23.4 Å². The van der Waals surface area contributed by atoms with E-state index < -0.39 is 0 Å². The lowest BCUT2D eigenvalue weighted by molar-refractivity contribution is -0.873. The Morgan fingerprint density at radius 2 is 1.67 bits per heavy atom. The summed E-state index contributed by atoms with van der Waals surface area (Å²) in [7, 11) is 1.57. The van der Waals surface area contributed by atoms with Gasteiger partial charge in [0.1, 0.15) is 5.75 Å². The first-order valence-corrected chi connectivity index (χ1v) is 12.0. The number of para-hydroxylation sites is 1. The van der Waals surface area contributed by atoms with E-state index in [0.29, 0.717) is 35.4 Å². The lowest BCUT2D eigenvalue weighted by atomic mass is 9.67. The van der Waals surface area contributed by atoms with Crippen LogP contribution >= 0.6 is 0 Å². The third kappa shape index (κ3) is 4.99. The Morgan fingerprint density at radius 3 is 2.24 bits per heavy atom. The molecule has 7 heteroatoms. The van der Waals surface area contributed by atoms with Gasteiger partial charge < -0.3 is 10.1 Å². The number of hydrogen-bond acceptors (Lipinski definition) is 4. The molecular weight excluding hydrogens is 434 g/mol. The first-order valence-electron chi connectivity index (χ1n) is 11.7. The molecule has 0 heterocycles. The molecule has 0 aliphatic heterocycles. The molecule has 0 atom stereocenters. The van der Waals surface area contributed by atoms with E-state index >= 15 is 0 Å². The molecule has 176 valence electrons. The summed E-state index contributed by atoms with van der Waals surface area (Å²) in [4.78, 5) is 25.7. The average molecular weight is 469 g/mol. The second-order valence-electron chi connectivity index (χ2n) is 8.80. The second kappa shape index (κ2) is 11.0. The van der Waals surface area contributed by atoms with Crippen molar-refractivity contribution in [3.8, 4) is 5.75 Å². The van der Waals surface area contributed by atoms with Crippen molar-refractivity contribution in [1.29, 1.82) is 0 Å². The number of hydrogen-bond donors (Lipinski definition) is 1. The maximum Gasteiger partial charge on any atom is 0.454 e. The first kappa shape index (κ1) is 25.0. The summed E-state index contributed by atoms with van der Waals surface area (Å²) in [5.74, 6) is 0.420. The molecule has 3 amide bonds. The van der Waals surface area contributed by atoms with Crippen LogP contribution in [0, 0.1) is 0 Å². The largest absolute Gasteiger partial charge is 0.496 e. The van der Waals surface area contributed by atoms with Crippen molar-refractivity contribution in [3.63, 3.8) is 0 Å². The lowest BCUT2D eigenvalue weighted by Gasteiger charge is -2.46. The Balaban J connectivity index is 1.83. The van der Waals surface area contributed by atoms with Gasteiger partial charge in [0.15, 0.2) is 0 Å². The van der Waals surface area contributed by atoms with Gasteiger partial charge in [0.2, 0.25) is 0 Å². The molecule has 6 nitrogen and oxygen atoms in total. The molecule has 1 aliphatic carbocycles. The van der Waals surface area contributed by atoms with Crippen LogP contribution in [-0.4, -0.2) is 49.2 Å². The Hall–Kier alpha value is -2.64. The average Bonchev–Trinajstić information content (AvgIpc) is 2.89. The van der Waals surface area contributed by atoms with Gasteiger partial charge in [-0.2, -0.15) is 0 Å². The van der Waals surface area contributed by atoms with Crippen LogP contribution in [-0.2, 0) is 17.8 Å². The first-order chi connectivity index (χ1) is 16.0. The molecule has 0 saturated heterocycles. The maximum absolute atomic E-state index is 13.0. The number of ether oxygens (including phenoxy) is 1. The summed E-state index contributed by atoms with van der Waals surface area (Å²) >= 11 is 4.79. The molecule has 1 fully saturated rings. The molecule has 2 aromatic carbocycles. The van der Waals surface area contributed by atoms with Gasteiger partial charge in [-0.25, -0.2) is 9.28 Å². The molecule has 2 aromatic rings. The predicted molar refractivity (Wildman–Crippen MR) is 132 cm³/mol. The minimum atomic E-state index is -0.211. The summed E-state index contributed by atoms with van der Waals surface area (Å²) in [6, 6.07) is 17.6. The smallest absolute Gasteiger partial charge is 0.454 e. The number of amides is 3. The SMILES string of the molecule is CC[N+](CC)(C(=O)N=S)[C@H]1CC[C@@](CNC(=O)c2ccccc2OC)(c2ccccc2)CC1. The van der Waals surface area contributed by atoms with Gasteiger partial charge in [0.05, 0.1) is 44.2 Å². The van der Waals surface area contributed by atoms with Crippen molar-refractivity contribution in [2.75, 3.05) is 26.7 Å². The summed E-state index contributed by atoms with van der Waals surface area (Å²) in [6.45, 7) is 5.97. The highest BCUT2D eigenvalue weighted by molar-refractivity contribution is 7.47. The predicted octanol–water partition coefficient (Wildman–Crippen LogP) is 5.01. The Kier molecular flexibility index (Phi) is 8.32. The fourth-order valence-corrected chi connectivity index (χ4v) is 5.60. The molecule has 0 unspecified atom stereocenters. The molecule has 0 radical (unpaired) electrons. The van der Waals surface area contributed by atoms with Crippen molar-refractivity contribution in [3.05, 3.63) is 65.7 Å². The van der Waals surface area contributed by atoms with Crippen molar-refractivity contribution < 1.29 is 18.8 Å². The normalized spacial score (nSPS) is 20.6. The fraction of sp³-hybridized carbons (Fsp3) is 0.462. The highest BCUT2D eigenvalue weighted by Gasteiger charge is 2.47. The standard InChI is InChI=1S/C26H33N3O3S/c1-4-29(5-2,25(31)28-33)21-15-17-26(18-16-21,20-11-7-6-8-12-20)19-27-24(30)22-13-9-10-14-23(22)32-3/h6-14,21H,4-5,15-19H2,1-3H3/p+1/t21-,26+. The third-order valence-electron chi connectivity index (χ3n) is 7.52. The highest BCUT2D eigenvalue weighted by Crippen LogP contribution is 2.42. The van der Waals surface area contributed by atoms with Crippen molar-refractivity contribution in [2.24, 2.45) is 4.36 Å². The van der Waals surface area contributed by atoms with Crippen LogP contribution in [0.2, 0.25) is 0 Å². The monoisotopic (exact) mass is 468 g/mol. The van der Waals surface area contributed by atoms with Gasteiger partial charge in [-0.15, -0.1) is 0 Å². The van der Waals surface area contributed by atoms with Crippen molar-refractivity contribution in [2.45, 2.75) is 51.0 Å². The number of nitrogens with one attached hydrogen (secondary N) is 1. The topological polar surface area (TPSA) is 67.8 Å². The van der Waals surface area contributed by atoms with E-state index in [1.54, 1.807) is 19.2 Å². The number of carbonyl (C=O) groups excluding carboxylic acids is 2.